The second-order valence-corrected chi connectivity index (χ2v) is 16.2. The SMILES string of the molecule is CC1(C)CCC[C@@]2(C)[C@H]1[C@H](O)C=C(CO[Si](C)(C)C(C)(C)C)[C@]21COC(=O)O1. The van der Waals surface area contributed by atoms with Crippen LogP contribution in [0, 0.1) is 16.7 Å². The Hall–Kier alpha value is -0.853. The lowest BCUT2D eigenvalue weighted by molar-refractivity contribution is -0.161. The lowest BCUT2D eigenvalue weighted by atomic mass is 9.46. The minimum atomic E-state index is -2.00. The first-order valence-corrected chi connectivity index (χ1v) is 13.5. The summed E-state index contributed by atoms with van der Waals surface area (Å²) in [6, 6.07) is 0. The van der Waals surface area contributed by atoms with E-state index in [9.17, 15) is 9.90 Å². The topological polar surface area (TPSA) is 65.0 Å². The van der Waals surface area contributed by atoms with Crippen LogP contribution >= 0.6 is 0 Å². The summed E-state index contributed by atoms with van der Waals surface area (Å²) in [5, 5.41) is 11.3. The average Bonchev–Trinajstić information content (AvgIpc) is 2.91. The molecule has 160 valence electrons. The first kappa shape index (κ1) is 21.8. The zero-order chi connectivity index (χ0) is 21.2. The minimum absolute atomic E-state index is 0.000119. The standard InChI is InChI=1S/C22H38O5Si/c1-19(2,3)28(7,8)26-13-15-12-16(23)17-20(4,5)10-9-11-21(17,6)22(15)14-25-18(24)27-22/h12,16-17,23H,9-11,13-14H2,1-8H3/t16-,17+,21+,22-/m1/s1. The molecule has 5 nitrogen and oxygen atoms in total. The molecule has 1 heterocycles. The summed E-state index contributed by atoms with van der Waals surface area (Å²) >= 11 is 0. The van der Waals surface area contributed by atoms with Gasteiger partial charge in [-0.2, -0.15) is 0 Å². The van der Waals surface area contributed by atoms with Gasteiger partial charge in [-0.15, -0.1) is 0 Å². The second kappa shape index (κ2) is 6.58. The fourth-order valence-corrected chi connectivity index (χ4v) is 6.57. The van der Waals surface area contributed by atoms with Gasteiger partial charge in [0.05, 0.1) is 12.7 Å². The Bertz CT molecular complexity index is 677. The molecular formula is C22H38O5Si. The molecule has 3 aliphatic rings. The van der Waals surface area contributed by atoms with E-state index >= 15 is 0 Å². The summed E-state index contributed by atoms with van der Waals surface area (Å²) in [6.45, 7) is 18.2. The Morgan fingerprint density at radius 2 is 1.89 bits per heavy atom. The highest BCUT2D eigenvalue weighted by Gasteiger charge is 2.67. The van der Waals surface area contributed by atoms with Gasteiger partial charge >= 0.3 is 6.16 Å². The summed E-state index contributed by atoms with van der Waals surface area (Å²) < 4.78 is 17.8. The van der Waals surface area contributed by atoms with E-state index in [-0.39, 0.29) is 28.4 Å². The molecule has 0 unspecified atom stereocenters. The van der Waals surface area contributed by atoms with Crippen LogP contribution in [-0.2, 0) is 13.9 Å². The van der Waals surface area contributed by atoms with Crippen LogP contribution in [0.5, 0.6) is 0 Å². The van der Waals surface area contributed by atoms with Crippen LogP contribution in [0.4, 0.5) is 4.79 Å². The zero-order valence-electron chi connectivity index (χ0n) is 18.8. The third kappa shape index (κ3) is 3.16. The lowest BCUT2D eigenvalue weighted by Crippen LogP contribution is -2.64. The molecule has 0 aromatic carbocycles. The molecule has 0 aromatic rings. The molecule has 0 amide bonds. The van der Waals surface area contributed by atoms with E-state index in [4.69, 9.17) is 13.9 Å². The van der Waals surface area contributed by atoms with Gasteiger partial charge in [0.15, 0.2) is 13.9 Å². The highest BCUT2D eigenvalue weighted by atomic mass is 28.4. The number of hydrogen-bond donors (Lipinski definition) is 1. The number of hydrogen-bond acceptors (Lipinski definition) is 5. The number of carbonyl (C=O) groups is 1. The number of cyclic esters (lactones) is 1. The van der Waals surface area contributed by atoms with E-state index < -0.39 is 26.2 Å². The van der Waals surface area contributed by atoms with Crippen molar-refractivity contribution in [2.24, 2.45) is 16.7 Å². The number of rotatable bonds is 3. The van der Waals surface area contributed by atoms with Crippen molar-refractivity contribution in [2.75, 3.05) is 13.2 Å². The third-order valence-corrected chi connectivity index (χ3v) is 12.7. The van der Waals surface area contributed by atoms with Gasteiger partial charge in [0.25, 0.3) is 0 Å². The van der Waals surface area contributed by atoms with Crippen LogP contribution in [0.2, 0.25) is 18.1 Å². The Labute approximate surface area is 170 Å². The molecule has 0 bridgehead atoms. The van der Waals surface area contributed by atoms with Gasteiger partial charge in [-0.05, 0) is 36.4 Å². The van der Waals surface area contributed by atoms with Crippen LogP contribution in [0.1, 0.15) is 60.8 Å². The Balaban J connectivity index is 2.03. The second-order valence-electron chi connectivity index (χ2n) is 11.4. The monoisotopic (exact) mass is 410 g/mol. The molecule has 4 atom stereocenters. The van der Waals surface area contributed by atoms with Crippen LogP contribution in [0.25, 0.3) is 0 Å². The van der Waals surface area contributed by atoms with Crippen molar-refractivity contribution >= 4 is 14.5 Å². The van der Waals surface area contributed by atoms with Crippen molar-refractivity contribution in [1.82, 2.24) is 0 Å². The first-order chi connectivity index (χ1) is 12.7. The predicted octanol–water partition coefficient (Wildman–Crippen LogP) is 5.05. The van der Waals surface area contributed by atoms with Crippen molar-refractivity contribution in [2.45, 2.75) is 90.6 Å². The van der Waals surface area contributed by atoms with E-state index in [0.717, 1.165) is 24.8 Å². The van der Waals surface area contributed by atoms with Crippen molar-refractivity contribution in [3.05, 3.63) is 11.6 Å². The number of aliphatic hydroxyl groups excluding tert-OH is 1. The largest absolute Gasteiger partial charge is 0.509 e. The number of ether oxygens (including phenoxy) is 2. The fraction of sp³-hybridized carbons (Fsp3) is 0.864. The number of carbonyl (C=O) groups excluding carboxylic acids is 1. The first-order valence-electron chi connectivity index (χ1n) is 10.6. The molecule has 1 spiro atoms. The van der Waals surface area contributed by atoms with Gasteiger partial charge in [0.2, 0.25) is 0 Å². The summed E-state index contributed by atoms with van der Waals surface area (Å²) in [4.78, 5) is 12.1. The van der Waals surface area contributed by atoms with E-state index in [1.165, 1.54) is 0 Å². The molecule has 1 saturated heterocycles. The highest BCUT2D eigenvalue weighted by Crippen LogP contribution is 2.63. The maximum atomic E-state index is 12.1. The minimum Gasteiger partial charge on any atom is -0.430 e. The summed E-state index contributed by atoms with van der Waals surface area (Å²) in [7, 11) is -2.00. The fourth-order valence-electron chi connectivity index (χ4n) is 5.62. The Morgan fingerprint density at radius 1 is 1.25 bits per heavy atom. The van der Waals surface area contributed by atoms with Gasteiger partial charge in [0, 0.05) is 16.9 Å². The van der Waals surface area contributed by atoms with Gasteiger partial charge < -0.3 is 19.0 Å². The molecule has 2 aliphatic carbocycles. The van der Waals surface area contributed by atoms with Crippen molar-refractivity contribution < 1.29 is 23.8 Å². The van der Waals surface area contributed by atoms with Crippen LogP contribution in [0.15, 0.2) is 11.6 Å². The number of aliphatic hydroxyl groups is 1. The third-order valence-electron chi connectivity index (χ3n) is 8.25. The molecule has 0 aromatic heterocycles. The van der Waals surface area contributed by atoms with Gasteiger partial charge in [0.1, 0.15) is 6.61 Å². The van der Waals surface area contributed by atoms with Crippen LogP contribution in [0.3, 0.4) is 0 Å². The molecule has 0 radical (unpaired) electrons. The van der Waals surface area contributed by atoms with Crippen LogP contribution in [-0.4, -0.2) is 44.5 Å². The van der Waals surface area contributed by atoms with Gasteiger partial charge in [-0.3, -0.25) is 0 Å². The van der Waals surface area contributed by atoms with Gasteiger partial charge in [-0.25, -0.2) is 4.79 Å². The Kier molecular flexibility index (Phi) is 5.13. The van der Waals surface area contributed by atoms with E-state index in [1.807, 2.05) is 6.08 Å². The maximum Gasteiger partial charge on any atom is 0.509 e. The molecule has 1 aliphatic heterocycles. The molecule has 6 heteroatoms. The molecule has 1 N–H and O–H groups in total. The number of fused-ring (bicyclic) bond motifs is 2. The molecular weight excluding hydrogens is 372 g/mol. The van der Waals surface area contributed by atoms with E-state index in [2.05, 4.69) is 54.6 Å². The van der Waals surface area contributed by atoms with E-state index in [0.29, 0.717) is 6.61 Å². The molecule has 28 heavy (non-hydrogen) atoms. The van der Waals surface area contributed by atoms with Crippen molar-refractivity contribution in [3.63, 3.8) is 0 Å². The molecule has 3 rings (SSSR count). The molecule has 1 saturated carbocycles. The summed E-state index contributed by atoms with van der Waals surface area (Å²) in [6.07, 6.45) is 3.70. The quantitative estimate of drug-likeness (QED) is 0.401. The highest BCUT2D eigenvalue weighted by molar-refractivity contribution is 6.74. The normalized spacial score (nSPS) is 37.9. The van der Waals surface area contributed by atoms with Gasteiger partial charge in [-0.1, -0.05) is 54.0 Å². The zero-order valence-corrected chi connectivity index (χ0v) is 19.8. The summed E-state index contributed by atoms with van der Waals surface area (Å²) in [5.74, 6) is -0.000119. The lowest BCUT2D eigenvalue weighted by Gasteiger charge is -2.60. The van der Waals surface area contributed by atoms with Crippen molar-refractivity contribution in [1.29, 1.82) is 0 Å². The molecule has 2 fully saturated rings. The predicted molar refractivity (Wildman–Crippen MR) is 112 cm³/mol. The maximum absolute atomic E-state index is 12.1. The Morgan fingerprint density at radius 3 is 2.43 bits per heavy atom. The van der Waals surface area contributed by atoms with E-state index in [1.54, 1.807) is 0 Å². The van der Waals surface area contributed by atoms with Crippen molar-refractivity contribution in [3.8, 4) is 0 Å². The van der Waals surface area contributed by atoms with Crippen LogP contribution < -0.4 is 0 Å². The summed E-state index contributed by atoms with van der Waals surface area (Å²) in [5.41, 5.74) is -0.418. The smallest absolute Gasteiger partial charge is 0.430 e. The average molecular weight is 411 g/mol.